The topological polar surface area (TPSA) is 53.8 Å². The number of methoxy groups -OCH3 is 1. The lowest BCUT2D eigenvalue weighted by Gasteiger charge is -2.05. The molecule has 20 heavy (non-hydrogen) atoms. The number of ether oxygens (including phenoxy) is 1. The van der Waals surface area contributed by atoms with E-state index in [-0.39, 0.29) is 5.75 Å². The van der Waals surface area contributed by atoms with Crippen molar-refractivity contribution in [3.8, 4) is 11.5 Å². The molecule has 0 fully saturated rings. The molecule has 0 aliphatic heterocycles. The molecule has 0 heterocycles. The minimum Gasteiger partial charge on any atom is -0.504 e. The van der Waals surface area contributed by atoms with Crippen molar-refractivity contribution >= 4 is 11.9 Å². The average molecular weight is 270 g/mol. The summed E-state index contributed by atoms with van der Waals surface area (Å²) >= 11 is 0. The molecule has 0 bridgehead atoms. The number of phenolic OH excluding ortho intramolecular Hbond substituents is 1. The molecule has 0 aliphatic carbocycles. The van der Waals surface area contributed by atoms with Crippen LogP contribution in [0.15, 0.2) is 41.5 Å². The van der Waals surface area contributed by atoms with Gasteiger partial charge in [0.25, 0.3) is 0 Å². The first-order valence-electron chi connectivity index (χ1n) is 6.33. The van der Waals surface area contributed by atoms with Crippen LogP contribution in [-0.4, -0.2) is 18.4 Å². The highest BCUT2D eigenvalue weighted by molar-refractivity contribution is 5.81. The zero-order valence-corrected chi connectivity index (χ0v) is 11.8. The van der Waals surface area contributed by atoms with E-state index in [1.54, 1.807) is 24.4 Å². The fourth-order valence-corrected chi connectivity index (χ4v) is 1.77. The Labute approximate surface area is 118 Å². The molecule has 0 amide bonds. The second-order valence-corrected chi connectivity index (χ2v) is 4.60. The Kier molecular flexibility index (Phi) is 4.25. The third-order valence-corrected chi connectivity index (χ3v) is 3.12. The SMILES string of the molecule is COc1cc(C=NNc2ccc(C)c(C)c2)ccc1O. The van der Waals surface area contributed by atoms with Crippen LogP contribution in [0, 0.1) is 13.8 Å². The van der Waals surface area contributed by atoms with E-state index in [0.717, 1.165) is 11.3 Å². The number of aryl methyl sites for hydroxylation is 2. The van der Waals surface area contributed by atoms with Gasteiger partial charge in [0, 0.05) is 0 Å². The standard InChI is InChI=1S/C16H18N2O2/c1-11-4-6-14(8-12(11)2)18-17-10-13-5-7-15(19)16(9-13)20-3/h4-10,18-19H,1-3H3. The number of hydrogen-bond acceptors (Lipinski definition) is 4. The van der Waals surface area contributed by atoms with Crippen LogP contribution in [0.5, 0.6) is 11.5 Å². The monoisotopic (exact) mass is 270 g/mol. The first kappa shape index (κ1) is 13.9. The van der Waals surface area contributed by atoms with Crippen LogP contribution < -0.4 is 10.2 Å². The van der Waals surface area contributed by atoms with Crippen molar-refractivity contribution < 1.29 is 9.84 Å². The van der Waals surface area contributed by atoms with Crippen molar-refractivity contribution in [3.63, 3.8) is 0 Å². The summed E-state index contributed by atoms with van der Waals surface area (Å²) in [7, 11) is 1.52. The fraction of sp³-hybridized carbons (Fsp3) is 0.188. The first-order chi connectivity index (χ1) is 9.60. The summed E-state index contributed by atoms with van der Waals surface area (Å²) in [5, 5.41) is 13.7. The molecule has 104 valence electrons. The van der Waals surface area contributed by atoms with Crippen LogP contribution in [0.4, 0.5) is 5.69 Å². The quantitative estimate of drug-likeness (QED) is 0.660. The summed E-state index contributed by atoms with van der Waals surface area (Å²) in [5.74, 6) is 0.548. The highest BCUT2D eigenvalue weighted by Crippen LogP contribution is 2.25. The molecule has 0 saturated carbocycles. The molecule has 2 rings (SSSR count). The second-order valence-electron chi connectivity index (χ2n) is 4.60. The molecule has 4 heteroatoms. The van der Waals surface area contributed by atoms with Crippen molar-refractivity contribution in [3.05, 3.63) is 53.1 Å². The molecular formula is C16H18N2O2. The fourth-order valence-electron chi connectivity index (χ4n) is 1.77. The molecule has 4 nitrogen and oxygen atoms in total. The predicted octanol–water partition coefficient (Wildman–Crippen LogP) is 3.46. The molecule has 0 aromatic heterocycles. The van der Waals surface area contributed by atoms with E-state index in [0.29, 0.717) is 5.75 Å². The van der Waals surface area contributed by atoms with Crippen molar-refractivity contribution in [2.24, 2.45) is 5.10 Å². The van der Waals surface area contributed by atoms with Crippen LogP contribution in [0.3, 0.4) is 0 Å². The van der Waals surface area contributed by atoms with Crippen molar-refractivity contribution in [1.29, 1.82) is 0 Å². The summed E-state index contributed by atoms with van der Waals surface area (Å²) in [5.41, 5.74) is 7.23. The molecule has 0 unspecified atom stereocenters. The van der Waals surface area contributed by atoms with Gasteiger partial charge in [0.2, 0.25) is 0 Å². The number of nitrogens with zero attached hydrogens (tertiary/aromatic N) is 1. The Morgan fingerprint density at radius 1 is 1.10 bits per heavy atom. The van der Waals surface area contributed by atoms with Gasteiger partial charge in [0.1, 0.15) is 0 Å². The maximum atomic E-state index is 9.51. The van der Waals surface area contributed by atoms with Gasteiger partial charge in [-0.25, -0.2) is 0 Å². The Bertz CT molecular complexity index is 636. The molecule has 0 spiro atoms. The van der Waals surface area contributed by atoms with Gasteiger partial charge in [-0.15, -0.1) is 0 Å². The van der Waals surface area contributed by atoms with Crippen LogP contribution in [-0.2, 0) is 0 Å². The summed E-state index contributed by atoms with van der Waals surface area (Å²) in [6, 6.07) is 11.2. The number of rotatable bonds is 4. The summed E-state index contributed by atoms with van der Waals surface area (Å²) in [6.07, 6.45) is 1.68. The third-order valence-electron chi connectivity index (χ3n) is 3.12. The van der Waals surface area contributed by atoms with E-state index in [4.69, 9.17) is 4.74 Å². The molecule has 0 aliphatic rings. The lowest BCUT2D eigenvalue weighted by molar-refractivity contribution is 0.373. The highest BCUT2D eigenvalue weighted by Gasteiger charge is 2.00. The van der Waals surface area contributed by atoms with E-state index in [1.165, 1.54) is 18.2 Å². The molecule has 2 aromatic carbocycles. The molecule has 0 atom stereocenters. The minimum absolute atomic E-state index is 0.117. The van der Waals surface area contributed by atoms with E-state index in [2.05, 4.69) is 30.4 Å². The zero-order chi connectivity index (χ0) is 14.5. The maximum absolute atomic E-state index is 9.51. The van der Waals surface area contributed by atoms with Gasteiger partial charge in [-0.1, -0.05) is 6.07 Å². The maximum Gasteiger partial charge on any atom is 0.161 e. The predicted molar refractivity (Wildman–Crippen MR) is 81.8 cm³/mol. The van der Waals surface area contributed by atoms with Gasteiger partial charge >= 0.3 is 0 Å². The summed E-state index contributed by atoms with van der Waals surface area (Å²) < 4.78 is 5.05. The van der Waals surface area contributed by atoms with Gasteiger partial charge in [0.05, 0.1) is 19.0 Å². The Balaban J connectivity index is 2.08. The number of aromatic hydroxyl groups is 1. The van der Waals surface area contributed by atoms with E-state index < -0.39 is 0 Å². The second kappa shape index (κ2) is 6.10. The number of phenols is 1. The minimum atomic E-state index is 0.117. The summed E-state index contributed by atoms with van der Waals surface area (Å²) in [4.78, 5) is 0. The zero-order valence-electron chi connectivity index (χ0n) is 11.8. The number of anilines is 1. The van der Waals surface area contributed by atoms with Gasteiger partial charge in [-0.3, -0.25) is 5.43 Å². The molecular weight excluding hydrogens is 252 g/mol. The smallest absolute Gasteiger partial charge is 0.161 e. The number of benzene rings is 2. The van der Waals surface area contributed by atoms with Crippen LogP contribution in [0.1, 0.15) is 16.7 Å². The lowest BCUT2D eigenvalue weighted by Crippen LogP contribution is -1.93. The van der Waals surface area contributed by atoms with E-state index in [1.807, 2.05) is 12.1 Å². The Hall–Kier alpha value is -2.49. The normalized spacial score (nSPS) is 10.8. The van der Waals surface area contributed by atoms with E-state index in [9.17, 15) is 5.11 Å². The van der Waals surface area contributed by atoms with Crippen LogP contribution >= 0.6 is 0 Å². The molecule has 2 aromatic rings. The van der Waals surface area contributed by atoms with Crippen LogP contribution in [0.2, 0.25) is 0 Å². The third kappa shape index (κ3) is 3.29. The number of hydrogen-bond donors (Lipinski definition) is 2. The number of hydrazone groups is 1. The van der Waals surface area contributed by atoms with Crippen molar-refractivity contribution in [2.45, 2.75) is 13.8 Å². The van der Waals surface area contributed by atoms with Gasteiger partial charge in [0.15, 0.2) is 11.5 Å². The van der Waals surface area contributed by atoms with E-state index >= 15 is 0 Å². The lowest BCUT2D eigenvalue weighted by atomic mass is 10.1. The largest absolute Gasteiger partial charge is 0.504 e. The first-order valence-corrected chi connectivity index (χ1v) is 6.33. The van der Waals surface area contributed by atoms with Gasteiger partial charge < -0.3 is 9.84 Å². The Morgan fingerprint density at radius 3 is 2.60 bits per heavy atom. The van der Waals surface area contributed by atoms with Gasteiger partial charge in [-0.05, 0) is 60.9 Å². The number of nitrogens with one attached hydrogen (secondary N) is 1. The van der Waals surface area contributed by atoms with Crippen molar-refractivity contribution in [1.82, 2.24) is 0 Å². The van der Waals surface area contributed by atoms with Crippen LogP contribution in [0.25, 0.3) is 0 Å². The van der Waals surface area contributed by atoms with Crippen molar-refractivity contribution in [2.75, 3.05) is 12.5 Å². The summed E-state index contributed by atoms with van der Waals surface area (Å²) in [6.45, 7) is 4.14. The average Bonchev–Trinajstić information content (AvgIpc) is 2.44. The highest BCUT2D eigenvalue weighted by atomic mass is 16.5. The van der Waals surface area contributed by atoms with Gasteiger partial charge in [-0.2, -0.15) is 5.10 Å². The molecule has 0 radical (unpaired) electrons. The molecule has 2 N–H and O–H groups in total. The molecule has 0 saturated heterocycles. The Morgan fingerprint density at radius 2 is 1.90 bits per heavy atom.